The molecular weight excluding hydrogens is 364 g/mol. The summed E-state index contributed by atoms with van der Waals surface area (Å²) in [5, 5.41) is 6.45. The quantitative estimate of drug-likeness (QED) is 0.380. The number of ether oxygens (including phenoxy) is 1. The van der Waals surface area contributed by atoms with Gasteiger partial charge in [-0.1, -0.05) is 17.7 Å². The number of benzene rings is 1. The minimum atomic E-state index is -2.83. The van der Waals surface area contributed by atoms with Crippen LogP contribution in [-0.2, 0) is 6.54 Å². The second-order valence-electron chi connectivity index (χ2n) is 7.19. The zero-order chi connectivity index (χ0) is 20.4. The van der Waals surface area contributed by atoms with Gasteiger partial charge in [-0.05, 0) is 39.4 Å². The largest absolute Gasteiger partial charge is 0.434 e. The van der Waals surface area contributed by atoms with Gasteiger partial charge in [-0.2, -0.15) is 8.78 Å². The van der Waals surface area contributed by atoms with Crippen LogP contribution in [0.4, 0.5) is 8.78 Å². The van der Waals surface area contributed by atoms with E-state index in [1.54, 1.807) is 19.2 Å². The van der Waals surface area contributed by atoms with Crippen LogP contribution in [0.15, 0.2) is 23.2 Å². The van der Waals surface area contributed by atoms with Crippen LogP contribution in [0.2, 0.25) is 0 Å². The molecule has 0 amide bonds. The number of piperazine rings is 1. The SMILES string of the molecule is CN=C(NCCCCN1CCN(C)CC1)NCc1cc(C)ccc1OC(F)F. The predicted molar refractivity (Wildman–Crippen MR) is 109 cm³/mol. The maximum atomic E-state index is 12.6. The smallest absolute Gasteiger partial charge is 0.387 e. The predicted octanol–water partition coefficient (Wildman–Crippen LogP) is 2.29. The van der Waals surface area contributed by atoms with Crippen molar-refractivity contribution in [2.45, 2.75) is 32.9 Å². The van der Waals surface area contributed by atoms with Gasteiger partial charge in [-0.3, -0.25) is 4.99 Å². The number of guanidine groups is 1. The van der Waals surface area contributed by atoms with Crippen molar-refractivity contribution in [3.05, 3.63) is 29.3 Å². The Labute approximate surface area is 166 Å². The molecule has 0 unspecified atom stereocenters. The molecule has 1 saturated heterocycles. The fraction of sp³-hybridized carbons (Fsp3) is 0.650. The molecular formula is C20H33F2N5O. The third-order valence-electron chi connectivity index (χ3n) is 4.89. The van der Waals surface area contributed by atoms with Crippen LogP contribution in [0, 0.1) is 6.92 Å². The minimum Gasteiger partial charge on any atom is -0.434 e. The number of aliphatic imine (C=N–C) groups is 1. The third-order valence-corrected chi connectivity index (χ3v) is 4.89. The number of rotatable bonds is 9. The van der Waals surface area contributed by atoms with Crippen LogP contribution in [0.3, 0.4) is 0 Å². The Hall–Kier alpha value is -1.93. The second kappa shape index (κ2) is 11.8. The van der Waals surface area contributed by atoms with E-state index in [-0.39, 0.29) is 5.75 Å². The monoisotopic (exact) mass is 397 g/mol. The van der Waals surface area contributed by atoms with Gasteiger partial charge in [0.2, 0.25) is 0 Å². The van der Waals surface area contributed by atoms with E-state index in [0.717, 1.165) is 57.7 Å². The summed E-state index contributed by atoms with van der Waals surface area (Å²) >= 11 is 0. The Bertz CT molecular complexity index is 619. The molecule has 1 aromatic rings. The van der Waals surface area contributed by atoms with Crippen molar-refractivity contribution in [1.29, 1.82) is 0 Å². The van der Waals surface area contributed by atoms with Gasteiger partial charge in [0.1, 0.15) is 5.75 Å². The lowest BCUT2D eigenvalue weighted by Gasteiger charge is -2.32. The molecule has 0 bridgehead atoms. The van der Waals surface area contributed by atoms with E-state index in [1.807, 2.05) is 13.0 Å². The number of likely N-dealkylation sites (N-methyl/N-ethyl adjacent to an activating group) is 1. The average Bonchev–Trinajstić information content (AvgIpc) is 2.67. The summed E-state index contributed by atoms with van der Waals surface area (Å²) in [7, 11) is 3.87. The maximum absolute atomic E-state index is 12.6. The van der Waals surface area contributed by atoms with Gasteiger partial charge in [-0.15, -0.1) is 0 Å². The molecule has 2 N–H and O–H groups in total. The first-order chi connectivity index (χ1) is 13.5. The van der Waals surface area contributed by atoms with Crippen molar-refractivity contribution < 1.29 is 13.5 Å². The molecule has 0 radical (unpaired) electrons. The summed E-state index contributed by atoms with van der Waals surface area (Å²) in [4.78, 5) is 9.07. The maximum Gasteiger partial charge on any atom is 0.387 e. The standard InChI is InChI=1S/C20H33F2N5O/c1-16-6-7-18(28-19(21)22)17(14-16)15-25-20(23-2)24-8-4-5-9-27-12-10-26(3)11-13-27/h6-7,14,19H,4-5,8-13,15H2,1-3H3,(H2,23,24,25). The first-order valence-electron chi connectivity index (χ1n) is 9.87. The third kappa shape index (κ3) is 7.98. The molecule has 1 aromatic carbocycles. The number of unbranched alkanes of at least 4 members (excludes halogenated alkanes) is 1. The van der Waals surface area contributed by atoms with Crippen molar-refractivity contribution >= 4 is 5.96 Å². The Morgan fingerprint density at radius 1 is 1.18 bits per heavy atom. The van der Waals surface area contributed by atoms with E-state index >= 15 is 0 Å². The molecule has 1 aliphatic heterocycles. The summed E-state index contributed by atoms with van der Waals surface area (Å²) in [5.41, 5.74) is 1.67. The van der Waals surface area contributed by atoms with Crippen molar-refractivity contribution in [3.63, 3.8) is 0 Å². The Balaban J connectivity index is 1.69. The minimum absolute atomic E-state index is 0.190. The van der Waals surface area contributed by atoms with Crippen LogP contribution in [0.5, 0.6) is 5.75 Å². The highest BCUT2D eigenvalue weighted by molar-refractivity contribution is 5.79. The number of aryl methyl sites for hydroxylation is 1. The summed E-state index contributed by atoms with van der Waals surface area (Å²) < 4.78 is 29.8. The topological polar surface area (TPSA) is 52.1 Å². The molecule has 2 rings (SSSR count). The number of halogens is 2. The van der Waals surface area contributed by atoms with Crippen LogP contribution >= 0.6 is 0 Å². The molecule has 0 spiro atoms. The number of hydrogen-bond donors (Lipinski definition) is 2. The highest BCUT2D eigenvalue weighted by Gasteiger charge is 2.13. The number of nitrogens with zero attached hydrogens (tertiary/aromatic N) is 3. The van der Waals surface area contributed by atoms with Crippen LogP contribution in [0.25, 0.3) is 0 Å². The molecule has 1 fully saturated rings. The summed E-state index contributed by atoms with van der Waals surface area (Å²) in [6.07, 6.45) is 2.19. The molecule has 0 atom stereocenters. The van der Waals surface area contributed by atoms with E-state index in [1.165, 1.54) is 0 Å². The average molecular weight is 398 g/mol. The van der Waals surface area contributed by atoms with E-state index in [4.69, 9.17) is 0 Å². The van der Waals surface area contributed by atoms with Gasteiger partial charge < -0.3 is 25.2 Å². The molecule has 0 aromatic heterocycles. The molecule has 6 nitrogen and oxygen atoms in total. The van der Waals surface area contributed by atoms with Crippen molar-refractivity contribution in [2.24, 2.45) is 4.99 Å². The van der Waals surface area contributed by atoms with Crippen LogP contribution in [0.1, 0.15) is 24.0 Å². The molecule has 0 saturated carbocycles. The van der Waals surface area contributed by atoms with E-state index < -0.39 is 6.61 Å². The van der Waals surface area contributed by atoms with Crippen LogP contribution in [-0.4, -0.2) is 75.7 Å². The molecule has 1 heterocycles. The van der Waals surface area contributed by atoms with Gasteiger partial charge in [-0.25, -0.2) is 0 Å². The summed E-state index contributed by atoms with van der Waals surface area (Å²) in [6, 6.07) is 5.18. The van der Waals surface area contributed by atoms with Gasteiger partial charge in [0.15, 0.2) is 5.96 Å². The Kier molecular flexibility index (Phi) is 9.43. The fourth-order valence-electron chi connectivity index (χ4n) is 3.20. The highest BCUT2D eigenvalue weighted by atomic mass is 19.3. The first-order valence-corrected chi connectivity index (χ1v) is 9.87. The highest BCUT2D eigenvalue weighted by Crippen LogP contribution is 2.21. The number of alkyl halides is 2. The van der Waals surface area contributed by atoms with Crippen molar-refractivity contribution in [1.82, 2.24) is 20.4 Å². The van der Waals surface area contributed by atoms with Gasteiger partial charge in [0.05, 0.1) is 0 Å². The molecule has 1 aliphatic rings. The Morgan fingerprint density at radius 3 is 2.61 bits per heavy atom. The van der Waals surface area contributed by atoms with Crippen molar-refractivity contribution in [2.75, 3.05) is 53.4 Å². The first kappa shape index (κ1) is 22.4. The van der Waals surface area contributed by atoms with Crippen LogP contribution < -0.4 is 15.4 Å². The fourth-order valence-corrected chi connectivity index (χ4v) is 3.20. The molecule has 158 valence electrons. The zero-order valence-electron chi connectivity index (χ0n) is 17.2. The lowest BCUT2D eigenvalue weighted by atomic mass is 10.1. The number of hydrogen-bond acceptors (Lipinski definition) is 4. The zero-order valence-corrected chi connectivity index (χ0v) is 17.2. The lowest BCUT2D eigenvalue weighted by molar-refractivity contribution is -0.0504. The van der Waals surface area contributed by atoms with Crippen molar-refractivity contribution in [3.8, 4) is 5.75 Å². The molecule has 28 heavy (non-hydrogen) atoms. The normalized spacial score (nSPS) is 16.4. The Morgan fingerprint density at radius 2 is 1.93 bits per heavy atom. The van der Waals surface area contributed by atoms with E-state index in [9.17, 15) is 8.78 Å². The number of nitrogens with one attached hydrogen (secondary N) is 2. The summed E-state index contributed by atoms with van der Waals surface area (Å²) in [5.74, 6) is 0.847. The molecule has 0 aliphatic carbocycles. The molecule has 8 heteroatoms. The van der Waals surface area contributed by atoms with Gasteiger partial charge in [0, 0.05) is 51.9 Å². The van der Waals surface area contributed by atoms with Gasteiger partial charge >= 0.3 is 6.61 Å². The lowest BCUT2D eigenvalue weighted by Crippen LogP contribution is -2.44. The second-order valence-corrected chi connectivity index (χ2v) is 7.19. The summed E-state index contributed by atoms with van der Waals surface area (Å²) in [6.45, 7) is 5.98. The van der Waals surface area contributed by atoms with Gasteiger partial charge in [0.25, 0.3) is 0 Å². The van der Waals surface area contributed by atoms with E-state index in [2.05, 4.69) is 37.2 Å². The van der Waals surface area contributed by atoms with E-state index in [0.29, 0.717) is 18.1 Å².